The predicted molar refractivity (Wildman–Crippen MR) is 95.7 cm³/mol. The summed E-state index contributed by atoms with van der Waals surface area (Å²) in [4.78, 5) is 16.4. The van der Waals surface area contributed by atoms with Gasteiger partial charge < -0.3 is 19.9 Å². The number of rotatable bonds is 6. The lowest BCUT2D eigenvalue weighted by atomic mass is 9.89. The zero-order valence-corrected chi connectivity index (χ0v) is 14.9. The molecule has 2 fully saturated rings. The number of carbonyl (C=O) groups excluding carboxylic acids is 1. The number of hydrogen-bond acceptors (Lipinski definition) is 6. The lowest BCUT2D eigenvalue weighted by molar-refractivity contribution is -0.117. The van der Waals surface area contributed by atoms with Gasteiger partial charge in [0.05, 0.1) is 0 Å². The number of aromatic nitrogens is 2. The van der Waals surface area contributed by atoms with E-state index in [1.165, 1.54) is 12.8 Å². The molecule has 2 unspecified atom stereocenters. The molecule has 26 heavy (non-hydrogen) atoms. The lowest BCUT2D eigenvalue weighted by Crippen LogP contribution is -2.39. The summed E-state index contributed by atoms with van der Waals surface area (Å²) in [5, 5.41) is 10.3. The standard InChI is InChI=1S/C19H24N4O3/c1-12-20-19(26-23-12)11-25-17-6-4-14(5-7-17)22-18(24)10-13-8-15-2-3-16(9-13)21-15/h4-7,13,15-16,21H,2-3,8-11H2,1H3,(H,22,24). The summed E-state index contributed by atoms with van der Waals surface area (Å²) < 4.78 is 10.6. The monoisotopic (exact) mass is 356 g/mol. The van der Waals surface area contributed by atoms with Crippen LogP contribution >= 0.6 is 0 Å². The first-order chi connectivity index (χ1) is 12.6. The Hall–Kier alpha value is -2.41. The van der Waals surface area contributed by atoms with Crippen molar-refractivity contribution in [3.8, 4) is 5.75 Å². The maximum absolute atomic E-state index is 12.3. The van der Waals surface area contributed by atoms with Gasteiger partial charge in [-0.2, -0.15) is 4.98 Å². The number of fused-ring (bicyclic) bond motifs is 2. The van der Waals surface area contributed by atoms with Crippen molar-refractivity contribution in [2.24, 2.45) is 5.92 Å². The molecule has 1 aromatic carbocycles. The van der Waals surface area contributed by atoms with Crippen molar-refractivity contribution in [2.45, 2.75) is 57.7 Å². The molecule has 2 atom stereocenters. The van der Waals surface area contributed by atoms with Crippen molar-refractivity contribution in [3.63, 3.8) is 0 Å². The van der Waals surface area contributed by atoms with Crippen LogP contribution in [0.5, 0.6) is 5.75 Å². The first kappa shape index (κ1) is 17.0. The Balaban J connectivity index is 1.25. The van der Waals surface area contributed by atoms with Crippen molar-refractivity contribution in [1.82, 2.24) is 15.5 Å². The van der Waals surface area contributed by atoms with Crippen molar-refractivity contribution >= 4 is 11.6 Å². The van der Waals surface area contributed by atoms with Crippen LogP contribution in [0.4, 0.5) is 5.69 Å². The summed E-state index contributed by atoms with van der Waals surface area (Å²) in [6, 6.07) is 8.57. The van der Waals surface area contributed by atoms with Crippen molar-refractivity contribution in [1.29, 1.82) is 0 Å². The molecular weight excluding hydrogens is 332 g/mol. The maximum atomic E-state index is 12.3. The van der Waals surface area contributed by atoms with E-state index in [2.05, 4.69) is 20.8 Å². The summed E-state index contributed by atoms with van der Waals surface area (Å²) in [5.74, 6) is 2.30. The van der Waals surface area contributed by atoms with E-state index in [9.17, 15) is 4.79 Å². The van der Waals surface area contributed by atoms with Crippen LogP contribution in [0.2, 0.25) is 0 Å². The number of nitrogens with one attached hydrogen (secondary N) is 2. The van der Waals surface area contributed by atoms with Gasteiger partial charge in [-0.05, 0) is 62.8 Å². The third-order valence-corrected chi connectivity index (χ3v) is 5.11. The van der Waals surface area contributed by atoms with Crippen LogP contribution in [-0.4, -0.2) is 28.1 Å². The molecule has 2 saturated heterocycles. The maximum Gasteiger partial charge on any atom is 0.264 e. The van der Waals surface area contributed by atoms with Crippen LogP contribution in [0.15, 0.2) is 28.8 Å². The number of anilines is 1. The summed E-state index contributed by atoms with van der Waals surface area (Å²) >= 11 is 0. The fourth-order valence-electron chi connectivity index (χ4n) is 3.99. The summed E-state index contributed by atoms with van der Waals surface area (Å²) in [7, 11) is 0. The minimum atomic E-state index is 0.0892. The Labute approximate surface area is 152 Å². The van der Waals surface area contributed by atoms with Crippen LogP contribution in [0, 0.1) is 12.8 Å². The van der Waals surface area contributed by atoms with Gasteiger partial charge in [0.15, 0.2) is 12.4 Å². The SMILES string of the molecule is Cc1noc(COc2ccc(NC(=O)CC3CC4CCC(C3)N4)cc2)n1. The van der Waals surface area contributed by atoms with E-state index < -0.39 is 0 Å². The first-order valence-electron chi connectivity index (χ1n) is 9.22. The van der Waals surface area contributed by atoms with E-state index >= 15 is 0 Å². The Morgan fingerprint density at radius 3 is 2.65 bits per heavy atom. The van der Waals surface area contributed by atoms with E-state index in [-0.39, 0.29) is 12.5 Å². The zero-order valence-electron chi connectivity index (χ0n) is 14.9. The quantitative estimate of drug-likeness (QED) is 0.827. The molecule has 0 saturated carbocycles. The molecule has 2 aliphatic heterocycles. The molecular formula is C19H24N4O3. The summed E-state index contributed by atoms with van der Waals surface area (Å²) in [6.45, 7) is 1.99. The van der Waals surface area contributed by atoms with Crippen LogP contribution < -0.4 is 15.4 Å². The molecule has 1 aromatic heterocycles. The second kappa shape index (κ2) is 7.45. The minimum Gasteiger partial charge on any atom is -0.484 e. The largest absolute Gasteiger partial charge is 0.484 e. The molecule has 0 aliphatic carbocycles. The Morgan fingerprint density at radius 2 is 2.00 bits per heavy atom. The molecule has 0 radical (unpaired) electrons. The molecule has 2 N–H and O–H groups in total. The highest BCUT2D eigenvalue weighted by Crippen LogP contribution is 2.32. The van der Waals surface area contributed by atoms with Gasteiger partial charge in [-0.25, -0.2) is 0 Å². The van der Waals surface area contributed by atoms with Gasteiger partial charge >= 0.3 is 0 Å². The average Bonchev–Trinajstić information content (AvgIpc) is 3.19. The van der Waals surface area contributed by atoms with E-state index in [1.54, 1.807) is 6.92 Å². The lowest BCUT2D eigenvalue weighted by Gasteiger charge is -2.28. The van der Waals surface area contributed by atoms with Crippen LogP contribution in [0.3, 0.4) is 0 Å². The van der Waals surface area contributed by atoms with Gasteiger partial charge in [-0.1, -0.05) is 5.16 Å². The van der Waals surface area contributed by atoms with Crippen LogP contribution in [0.1, 0.15) is 43.8 Å². The number of ether oxygens (including phenoxy) is 1. The molecule has 7 heteroatoms. The zero-order chi connectivity index (χ0) is 17.9. The van der Waals surface area contributed by atoms with Gasteiger partial charge in [-0.3, -0.25) is 4.79 Å². The number of hydrogen-bond donors (Lipinski definition) is 2. The van der Waals surface area contributed by atoms with Gasteiger partial charge in [0.1, 0.15) is 5.75 Å². The van der Waals surface area contributed by atoms with Crippen LogP contribution in [0.25, 0.3) is 0 Å². The van der Waals surface area contributed by atoms with Gasteiger partial charge in [0, 0.05) is 24.2 Å². The number of piperidine rings is 1. The third-order valence-electron chi connectivity index (χ3n) is 5.11. The number of benzene rings is 1. The highest BCUT2D eigenvalue weighted by Gasteiger charge is 2.34. The van der Waals surface area contributed by atoms with E-state index in [0.717, 1.165) is 18.5 Å². The smallest absolute Gasteiger partial charge is 0.264 e. The molecule has 7 nitrogen and oxygen atoms in total. The Morgan fingerprint density at radius 1 is 1.27 bits per heavy atom. The fourth-order valence-corrected chi connectivity index (χ4v) is 3.99. The second-order valence-electron chi connectivity index (χ2n) is 7.28. The van der Waals surface area contributed by atoms with Gasteiger partial charge in [-0.15, -0.1) is 0 Å². The predicted octanol–water partition coefficient (Wildman–Crippen LogP) is 2.82. The molecule has 3 heterocycles. The van der Waals surface area contributed by atoms with Gasteiger partial charge in [0.2, 0.25) is 5.91 Å². The van der Waals surface area contributed by atoms with E-state index in [0.29, 0.717) is 41.9 Å². The number of amides is 1. The molecule has 138 valence electrons. The second-order valence-corrected chi connectivity index (χ2v) is 7.28. The number of carbonyl (C=O) groups is 1. The molecule has 4 rings (SSSR count). The van der Waals surface area contributed by atoms with Gasteiger partial charge in [0.25, 0.3) is 5.89 Å². The molecule has 2 bridgehead atoms. The summed E-state index contributed by atoms with van der Waals surface area (Å²) in [5.41, 5.74) is 0.785. The normalized spacial score (nSPS) is 24.4. The van der Waals surface area contributed by atoms with E-state index in [1.807, 2.05) is 24.3 Å². The molecule has 2 aromatic rings. The molecule has 0 spiro atoms. The van der Waals surface area contributed by atoms with Crippen molar-refractivity contribution in [3.05, 3.63) is 36.0 Å². The molecule has 1 amide bonds. The average molecular weight is 356 g/mol. The number of aryl methyl sites for hydroxylation is 1. The highest BCUT2D eigenvalue weighted by atomic mass is 16.5. The van der Waals surface area contributed by atoms with Crippen molar-refractivity contribution in [2.75, 3.05) is 5.32 Å². The summed E-state index contributed by atoms with van der Waals surface area (Å²) in [6.07, 6.45) is 5.35. The van der Waals surface area contributed by atoms with Crippen LogP contribution in [-0.2, 0) is 11.4 Å². The first-order valence-corrected chi connectivity index (χ1v) is 9.22. The minimum absolute atomic E-state index is 0.0892. The highest BCUT2D eigenvalue weighted by molar-refractivity contribution is 5.90. The van der Waals surface area contributed by atoms with E-state index in [4.69, 9.17) is 9.26 Å². The van der Waals surface area contributed by atoms with Crippen molar-refractivity contribution < 1.29 is 14.1 Å². The Kier molecular flexibility index (Phi) is 4.88. The third kappa shape index (κ3) is 4.22. The molecule has 2 aliphatic rings. The Bertz CT molecular complexity index is 746. The number of nitrogens with zero attached hydrogens (tertiary/aromatic N) is 2. The topological polar surface area (TPSA) is 89.3 Å². The fraction of sp³-hybridized carbons (Fsp3) is 0.526.